The van der Waals surface area contributed by atoms with E-state index < -0.39 is 0 Å². The van der Waals surface area contributed by atoms with Crippen LogP contribution in [0.3, 0.4) is 0 Å². The molecule has 0 unspecified atom stereocenters. The van der Waals surface area contributed by atoms with Gasteiger partial charge in [-0.15, -0.1) is 0 Å². The Morgan fingerprint density at radius 1 is 0.692 bits per heavy atom. The zero-order chi connectivity index (χ0) is 18.6. The average Bonchev–Trinajstić information content (AvgIpc) is 2.67. The fourth-order valence-corrected chi connectivity index (χ4v) is 2.92. The predicted octanol–water partition coefficient (Wildman–Crippen LogP) is 5.02. The lowest BCUT2D eigenvalue weighted by atomic mass is 9.99. The molecule has 0 bridgehead atoms. The molecule has 0 amide bonds. The summed E-state index contributed by atoms with van der Waals surface area (Å²) in [6.45, 7) is 1.59. The number of rotatable bonds is 11. The van der Waals surface area contributed by atoms with Crippen LogP contribution in [0.4, 0.5) is 0 Å². The van der Waals surface area contributed by atoms with E-state index in [0.717, 1.165) is 50.2 Å². The Balaban J connectivity index is 2.13. The molecule has 2 rings (SSSR count). The van der Waals surface area contributed by atoms with Crippen molar-refractivity contribution < 1.29 is 14.2 Å². The van der Waals surface area contributed by atoms with Crippen molar-refractivity contribution >= 4 is 12.2 Å². The first kappa shape index (κ1) is 20.2. The van der Waals surface area contributed by atoms with Crippen LogP contribution in [0, 0.1) is 0 Å². The summed E-state index contributed by atoms with van der Waals surface area (Å²) in [7, 11) is 5.19. The quantitative estimate of drug-likeness (QED) is 0.419. The fourth-order valence-electron chi connectivity index (χ4n) is 2.92. The number of benzene rings is 2. The van der Waals surface area contributed by atoms with E-state index in [1.807, 2.05) is 12.1 Å². The third kappa shape index (κ3) is 7.03. The zero-order valence-corrected chi connectivity index (χ0v) is 16.2. The number of ether oxygens (including phenoxy) is 3. The van der Waals surface area contributed by atoms with Crippen LogP contribution in [0.5, 0.6) is 5.75 Å². The second kappa shape index (κ2) is 11.5. The molecule has 0 heterocycles. The molecule has 26 heavy (non-hydrogen) atoms. The summed E-state index contributed by atoms with van der Waals surface area (Å²) in [5, 5.41) is 0. The lowest BCUT2D eigenvalue weighted by Crippen LogP contribution is -1.97. The first-order valence-electron chi connectivity index (χ1n) is 9.18. The molecule has 2 aromatic carbocycles. The van der Waals surface area contributed by atoms with Crippen LogP contribution in [0.25, 0.3) is 12.2 Å². The molecule has 0 aromatic heterocycles. The molecule has 0 atom stereocenters. The Hall–Kier alpha value is -2.10. The molecule has 0 aliphatic rings. The van der Waals surface area contributed by atoms with E-state index in [9.17, 15) is 0 Å². The van der Waals surface area contributed by atoms with Crippen molar-refractivity contribution in [2.45, 2.75) is 25.7 Å². The van der Waals surface area contributed by atoms with Gasteiger partial charge in [-0.25, -0.2) is 0 Å². The molecule has 3 heteroatoms. The normalized spacial score (nSPS) is 11.2. The Morgan fingerprint density at radius 3 is 1.73 bits per heavy atom. The predicted molar refractivity (Wildman–Crippen MR) is 109 cm³/mol. The van der Waals surface area contributed by atoms with Gasteiger partial charge in [-0.05, 0) is 60.1 Å². The van der Waals surface area contributed by atoms with E-state index in [1.165, 1.54) is 16.7 Å². The molecule has 0 N–H and O–H groups in total. The SMILES string of the molecule is COCCCc1cc(C=Cc2ccc(OC)cc2)cc(CCCOC)c1. The first-order valence-corrected chi connectivity index (χ1v) is 9.18. The maximum Gasteiger partial charge on any atom is 0.118 e. The summed E-state index contributed by atoms with van der Waals surface area (Å²) in [4.78, 5) is 0. The smallest absolute Gasteiger partial charge is 0.118 e. The second-order valence-corrected chi connectivity index (χ2v) is 6.38. The van der Waals surface area contributed by atoms with E-state index in [0.29, 0.717) is 0 Å². The van der Waals surface area contributed by atoms with Crippen molar-refractivity contribution in [3.05, 3.63) is 64.7 Å². The Bertz CT molecular complexity index is 646. The molecule has 2 aromatic rings. The minimum Gasteiger partial charge on any atom is -0.497 e. The van der Waals surface area contributed by atoms with Crippen molar-refractivity contribution in [3.8, 4) is 5.75 Å². The lowest BCUT2D eigenvalue weighted by molar-refractivity contribution is 0.195. The summed E-state index contributed by atoms with van der Waals surface area (Å²) >= 11 is 0. The minimum atomic E-state index is 0.797. The third-order valence-electron chi connectivity index (χ3n) is 4.29. The van der Waals surface area contributed by atoms with Crippen molar-refractivity contribution in [2.24, 2.45) is 0 Å². The van der Waals surface area contributed by atoms with E-state index in [4.69, 9.17) is 14.2 Å². The Labute approximate surface area is 157 Å². The van der Waals surface area contributed by atoms with Gasteiger partial charge in [0.2, 0.25) is 0 Å². The highest BCUT2D eigenvalue weighted by Gasteiger charge is 2.01. The van der Waals surface area contributed by atoms with Crippen LogP contribution < -0.4 is 4.74 Å². The number of hydrogen-bond donors (Lipinski definition) is 0. The molecular formula is C23H30O3. The molecule has 0 aliphatic carbocycles. The standard InChI is InChI=1S/C23H30O3/c1-24-14-4-6-20-16-21(7-5-15-25-2)18-22(17-20)9-8-19-10-12-23(26-3)13-11-19/h8-13,16-18H,4-7,14-15H2,1-3H3. The molecule has 0 saturated heterocycles. The van der Waals surface area contributed by atoms with Gasteiger partial charge < -0.3 is 14.2 Å². The molecule has 140 valence electrons. The van der Waals surface area contributed by atoms with Crippen LogP contribution in [-0.4, -0.2) is 34.5 Å². The van der Waals surface area contributed by atoms with Crippen LogP contribution in [0.1, 0.15) is 35.1 Å². The van der Waals surface area contributed by atoms with Crippen molar-refractivity contribution in [1.82, 2.24) is 0 Å². The van der Waals surface area contributed by atoms with Gasteiger partial charge in [0, 0.05) is 27.4 Å². The largest absolute Gasteiger partial charge is 0.497 e. The first-order chi connectivity index (χ1) is 12.7. The number of methoxy groups -OCH3 is 3. The maximum atomic E-state index is 5.21. The number of hydrogen-bond acceptors (Lipinski definition) is 3. The van der Waals surface area contributed by atoms with Gasteiger partial charge in [-0.2, -0.15) is 0 Å². The van der Waals surface area contributed by atoms with E-state index in [1.54, 1.807) is 21.3 Å². The fraction of sp³-hybridized carbons (Fsp3) is 0.391. The van der Waals surface area contributed by atoms with Gasteiger partial charge in [0.05, 0.1) is 7.11 Å². The highest BCUT2D eigenvalue weighted by atomic mass is 16.5. The highest BCUT2D eigenvalue weighted by molar-refractivity contribution is 5.70. The monoisotopic (exact) mass is 354 g/mol. The van der Waals surface area contributed by atoms with Crippen LogP contribution >= 0.6 is 0 Å². The van der Waals surface area contributed by atoms with Gasteiger partial charge in [-0.1, -0.05) is 42.5 Å². The van der Waals surface area contributed by atoms with Crippen molar-refractivity contribution in [2.75, 3.05) is 34.5 Å². The topological polar surface area (TPSA) is 27.7 Å². The van der Waals surface area contributed by atoms with Gasteiger partial charge >= 0.3 is 0 Å². The molecule has 0 spiro atoms. The van der Waals surface area contributed by atoms with Crippen LogP contribution in [-0.2, 0) is 22.3 Å². The third-order valence-corrected chi connectivity index (χ3v) is 4.29. The molecule has 0 aliphatic heterocycles. The summed E-state index contributed by atoms with van der Waals surface area (Å²) in [6, 6.07) is 15.0. The van der Waals surface area contributed by atoms with Gasteiger partial charge in [0.1, 0.15) is 5.75 Å². The zero-order valence-electron chi connectivity index (χ0n) is 16.2. The number of aryl methyl sites for hydroxylation is 2. The maximum absolute atomic E-state index is 5.21. The van der Waals surface area contributed by atoms with Gasteiger partial charge in [0.15, 0.2) is 0 Å². The Kier molecular flexibility index (Phi) is 8.94. The van der Waals surface area contributed by atoms with Gasteiger partial charge in [0.25, 0.3) is 0 Å². The Morgan fingerprint density at radius 2 is 1.23 bits per heavy atom. The summed E-state index contributed by atoms with van der Waals surface area (Å²) in [6.07, 6.45) is 8.48. The molecule has 0 radical (unpaired) electrons. The lowest BCUT2D eigenvalue weighted by Gasteiger charge is -2.08. The molecule has 0 saturated carbocycles. The van der Waals surface area contributed by atoms with E-state index >= 15 is 0 Å². The molecular weight excluding hydrogens is 324 g/mol. The van der Waals surface area contributed by atoms with Crippen molar-refractivity contribution in [3.63, 3.8) is 0 Å². The van der Waals surface area contributed by atoms with Crippen LogP contribution in [0.15, 0.2) is 42.5 Å². The van der Waals surface area contributed by atoms with Gasteiger partial charge in [-0.3, -0.25) is 0 Å². The average molecular weight is 354 g/mol. The van der Waals surface area contributed by atoms with E-state index in [-0.39, 0.29) is 0 Å². The summed E-state index contributed by atoms with van der Waals surface area (Å²) in [5.74, 6) is 0.878. The van der Waals surface area contributed by atoms with E-state index in [2.05, 4.69) is 42.5 Å². The molecule has 3 nitrogen and oxygen atoms in total. The van der Waals surface area contributed by atoms with Crippen LogP contribution in [0.2, 0.25) is 0 Å². The minimum absolute atomic E-state index is 0.797. The second-order valence-electron chi connectivity index (χ2n) is 6.38. The van der Waals surface area contributed by atoms with Crippen molar-refractivity contribution in [1.29, 1.82) is 0 Å². The summed E-state index contributed by atoms with van der Waals surface area (Å²) in [5.41, 5.74) is 5.14. The highest BCUT2D eigenvalue weighted by Crippen LogP contribution is 2.18. The molecule has 0 fully saturated rings. The summed E-state index contributed by atoms with van der Waals surface area (Å²) < 4.78 is 15.6.